The molecule has 0 saturated carbocycles. The Balaban J connectivity index is 1.93. The number of unbranched alkanes of at least 4 members (excludes halogenated alkanes) is 4. The lowest BCUT2D eigenvalue weighted by Crippen LogP contribution is -2.55. The fraction of sp³-hybridized carbons (Fsp3) is 0.741. The quantitative estimate of drug-likeness (QED) is 0.128. The van der Waals surface area contributed by atoms with E-state index < -0.39 is 22.6 Å². The maximum Gasteiger partial charge on any atom is 0.310 e. The van der Waals surface area contributed by atoms with Crippen molar-refractivity contribution in [1.82, 2.24) is 9.80 Å². The van der Waals surface area contributed by atoms with Crippen LogP contribution in [-0.4, -0.2) is 86.4 Å². The van der Waals surface area contributed by atoms with E-state index in [2.05, 4.69) is 36.0 Å². The van der Waals surface area contributed by atoms with Crippen LogP contribution in [0.3, 0.4) is 0 Å². The zero-order chi connectivity index (χ0) is 26.3. The highest BCUT2D eigenvalue weighted by Crippen LogP contribution is 2.68. The highest BCUT2D eigenvalue weighted by Gasteiger charge is 2.76. The standard InChI is InChI=1S/C27H41BrN2O5S/c1-4-7-14-29(13-6-3)25(33)23-27-18-19(28)22(36-27)20(26(34)35-17-8-5-2)21(27)24(32)30(23)15-11-9-10-12-16-31/h5-6,19-23,31H,2-4,7-18H2,1H3/t19?,20-,21+,22-,23?,27?/m1/s1. The van der Waals surface area contributed by atoms with Crippen molar-refractivity contribution in [2.24, 2.45) is 11.8 Å². The van der Waals surface area contributed by atoms with Gasteiger partial charge in [-0.2, -0.15) is 0 Å². The first-order valence-corrected chi connectivity index (χ1v) is 15.1. The number of halogens is 1. The number of esters is 1. The number of rotatable bonds is 16. The second kappa shape index (κ2) is 13.5. The molecule has 7 nitrogen and oxygen atoms in total. The molecule has 0 aromatic carbocycles. The predicted octanol–water partition coefficient (Wildman–Crippen LogP) is 3.94. The van der Waals surface area contributed by atoms with Gasteiger partial charge in [0.15, 0.2) is 0 Å². The van der Waals surface area contributed by atoms with Gasteiger partial charge >= 0.3 is 5.97 Å². The van der Waals surface area contributed by atoms with Gasteiger partial charge in [0.1, 0.15) is 6.04 Å². The lowest BCUT2D eigenvalue weighted by molar-refractivity contribution is -0.154. The van der Waals surface area contributed by atoms with Crippen molar-refractivity contribution in [3.05, 3.63) is 25.3 Å². The second-order valence-corrected chi connectivity index (χ2v) is 12.7. The molecule has 2 bridgehead atoms. The van der Waals surface area contributed by atoms with Crippen molar-refractivity contribution in [3.63, 3.8) is 0 Å². The fourth-order valence-electron chi connectivity index (χ4n) is 5.97. The summed E-state index contributed by atoms with van der Waals surface area (Å²) in [7, 11) is 0. The molecule has 36 heavy (non-hydrogen) atoms. The molecule has 3 fully saturated rings. The van der Waals surface area contributed by atoms with Crippen LogP contribution in [0.25, 0.3) is 0 Å². The van der Waals surface area contributed by atoms with E-state index in [-0.39, 0.29) is 41.1 Å². The van der Waals surface area contributed by atoms with Gasteiger partial charge in [-0.1, -0.05) is 54.3 Å². The number of nitrogens with zero attached hydrogens (tertiary/aromatic N) is 2. The summed E-state index contributed by atoms with van der Waals surface area (Å²) in [5, 5.41) is 9.00. The largest absolute Gasteiger partial charge is 0.465 e. The van der Waals surface area contributed by atoms with E-state index in [0.29, 0.717) is 32.5 Å². The maximum absolute atomic E-state index is 14.1. The van der Waals surface area contributed by atoms with Crippen molar-refractivity contribution >= 4 is 45.5 Å². The number of fused-ring (bicyclic) bond motifs is 1. The van der Waals surface area contributed by atoms with Gasteiger partial charge in [-0.25, -0.2) is 0 Å². The Bertz CT molecular complexity index is 826. The van der Waals surface area contributed by atoms with Gasteiger partial charge in [0.25, 0.3) is 0 Å². The SMILES string of the molecule is C=CCCOC(=O)[C@H]1[C@@H]2SC3(CC2Br)C(C(=O)N(CC=C)CCCC)N(CCCCCCO)C(=O)[C@H]13. The summed E-state index contributed by atoms with van der Waals surface area (Å²) < 4.78 is 4.92. The third kappa shape index (κ3) is 5.73. The molecule has 3 aliphatic heterocycles. The van der Waals surface area contributed by atoms with Crippen molar-refractivity contribution < 1.29 is 24.2 Å². The number of alkyl halides is 1. The van der Waals surface area contributed by atoms with E-state index in [0.717, 1.165) is 38.5 Å². The van der Waals surface area contributed by atoms with Crippen LogP contribution >= 0.6 is 27.7 Å². The number of likely N-dealkylation sites (tertiary alicyclic amines) is 1. The molecule has 0 aromatic rings. The van der Waals surface area contributed by atoms with Crippen LogP contribution in [0, 0.1) is 11.8 Å². The predicted molar refractivity (Wildman–Crippen MR) is 147 cm³/mol. The average Bonchev–Trinajstić information content (AvgIpc) is 3.45. The normalized spacial score (nSPS) is 30.4. The van der Waals surface area contributed by atoms with Crippen molar-refractivity contribution in [2.75, 3.05) is 32.8 Å². The summed E-state index contributed by atoms with van der Waals surface area (Å²) in [6.07, 6.45) is 9.76. The van der Waals surface area contributed by atoms with E-state index in [1.807, 2.05) is 4.90 Å². The minimum Gasteiger partial charge on any atom is -0.465 e. The number of thioether (sulfide) groups is 1. The first kappa shape index (κ1) is 29.2. The Labute approximate surface area is 228 Å². The van der Waals surface area contributed by atoms with E-state index in [4.69, 9.17) is 9.84 Å². The zero-order valence-corrected chi connectivity index (χ0v) is 23.8. The minimum absolute atomic E-state index is 0.0341. The number of carbonyl (C=O) groups excluding carboxylic acids is 3. The number of aliphatic hydroxyl groups excluding tert-OH is 1. The van der Waals surface area contributed by atoms with Gasteiger partial charge in [0.05, 0.1) is 23.2 Å². The molecule has 3 saturated heterocycles. The highest BCUT2D eigenvalue weighted by molar-refractivity contribution is 9.09. The molecule has 3 aliphatic rings. The molecule has 3 heterocycles. The van der Waals surface area contributed by atoms with Crippen LogP contribution in [0.15, 0.2) is 25.3 Å². The van der Waals surface area contributed by atoms with E-state index in [9.17, 15) is 14.4 Å². The second-order valence-electron chi connectivity index (χ2n) is 10.0. The van der Waals surface area contributed by atoms with E-state index in [1.165, 1.54) is 0 Å². The van der Waals surface area contributed by atoms with Crippen LogP contribution in [0.5, 0.6) is 0 Å². The summed E-state index contributed by atoms with van der Waals surface area (Å²) in [5.41, 5.74) is 0. The van der Waals surface area contributed by atoms with Gasteiger partial charge in [-0.05, 0) is 32.1 Å². The van der Waals surface area contributed by atoms with Gasteiger partial charge in [0, 0.05) is 36.3 Å². The van der Waals surface area contributed by atoms with E-state index in [1.54, 1.807) is 28.8 Å². The number of aliphatic hydroxyl groups is 1. The molecular weight excluding hydrogens is 544 g/mol. The van der Waals surface area contributed by atoms with Gasteiger partial charge in [-0.3, -0.25) is 14.4 Å². The Morgan fingerprint density at radius 1 is 1.25 bits per heavy atom. The molecule has 0 aromatic heterocycles. The topological polar surface area (TPSA) is 87.2 Å². The monoisotopic (exact) mass is 584 g/mol. The van der Waals surface area contributed by atoms with Gasteiger partial charge < -0.3 is 19.6 Å². The van der Waals surface area contributed by atoms with E-state index >= 15 is 0 Å². The summed E-state index contributed by atoms with van der Waals surface area (Å²) in [6, 6.07) is -0.606. The third-order valence-corrected chi connectivity index (χ3v) is 10.8. The minimum atomic E-state index is -0.647. The molecule has 3 rings (SSSR count). The molecule has 2 amide bonds. The summed E-state index contributed by atoms with van der Waals surface area (Å²) in [6.45, 7) is 11.6. The lowest BCUT2D eigenvalue weighted by atomic mass is 9.71. The molecular formula is C27H41BrN2O5S. The number of hydrogen-bond donors (Lipinski definition) is 1. The summed E-state index contributed by atoms with van der Waals surface area (Å²) in [4.78, 5) is 45.0. The Hall–Kier alpha value is -1.32. The van der Waals surface area contributed by atoms with Gasteiger partial charge in [-0.15, -0.1) is 24.9 Å². The average molecular weight is 586 g/mol. The number of amides is 2. The lowest BCUT2D eigenvalue weighted by Gasteiger charge is -2.38. The van der Waals surface area contributed by atoms with Gasteiger partial charge in [0.2, 0.25) is 11.8 Å². The Morgan fingerprint density at radius 2 is 2.00 bits per heavy atom. The molecule has 6 atom stereocenters. The highest BCUT2D eigenvalue weighted by atomic mass is 79.9. The van der Waals surface area contributed by atoms with Crippen LogP contribution in [0.1, 0.15) is 58.3 Å². The van der Waals surface area contributed by atoms with Crippen LogP contribution < -0.4 is 0 Å². The summed E-state index contributed by atoms with van der Waals surface area (Å²) >= 11 is 5.43. The Kier molecular flexibility index (Phi) is 10.9. The van der Waals surface area contributed by atoms with Crippen molar-refractivity contribution in [3.8, 4) is 0 Å². The number of hydrogen-bond acceptors (Lipinski definition) is 6. The van der Waals surface area contributed by atoms with Crippen LogP contribution in [-0.2, 0) is 19.1 Å². The summed E-state index contributed by atoms with van der Waals surface area (Å²) in [5.74, 6) is -1.60. The maximum atomic E-state index is 14.1. The first-order valence-electron chi connectivity index (χ1n) is 13.3. The Morgan fingerprint density at radius 3 is 2.67 bits per heavy atom. The third-order valence-electron chi connectivity index (χ3n) is 7.61. The zero-order valence-electron chi connectivity index (χ0n) is 21.4. The molecule has 0 radical (unpaired) electrons. The molecule has 202 valence electrons. The molecule has 9 heteroatoms. The van der Waals surface area contributed by atoms with Crippen molar-refractivity contribution in [1.29, 1.82) is 0 Å². The molecule has 1 N–H and O–H groups in total. The fourth-order valence-corrected chi connectivity index (χ4v) is 9.57. The van der Waals surface area contributed by atoms with Crippen molar-refractivity contribution in [2.45, 2.75) is 79.2 Å². The first-order chi connectivity index (χ1) is 17.4. The van der Waals surface area contributed by atoms with Crippen LogP contribution in [0.2, 0.25) is 0 Å². The molecule has 0 aliphatic carbocycles. The van der Waals surface area contributed by atoms with Crippen LogP contribution in [0.4, 0.5) is 0 Å². The smallest absolute Gasteiger partial charge is 0.310 e. The number of carbonyl (C=O) groups is 3. The molecule has 3 unspecified atom stereocenters. The number of ether oxygens (including phenoxy) is 1. The molecule has 1 spiro atoms.